The Kier molecular flexibility index (Phi) is 4.14. The normalized spacial score (nSPS) is 10.7. The Hall–Kier alpha value is -3.02. The van der Waals surface area contributed by atoms with Crippen LogP contribution in [0.4, 0.5) is 11.5 Å². The molecule has 0 spiro atoms. The molecule has 3 aromatic rings. The molecule has 0 aliphatic carbocycles. The van der Waals surface area contributed by atoms with Gasteiger partial charge in [-0.1, -0.05) is 6.07 Å². The minimum Gasteiger partial charge on any atom is -0.379 e. The van der Waals surface area contributed by atoms with Gasteiger partial charge in [0.2, 0.25) is 6.41 Å². The van der Waals surface area contributed by atoms with Gasteiger partial charge >= 0.3 is 0 Å². The van der Waals surface area contributed by atoms with Gasteiger partial charge in [0.25, 0.3) is 0 Å². The quantitative estimate of drug-likeness (QED) is 0.708. The molecule has 0 radical (unpaired) electrons. The van der Waals surface area contributed by atoms with Gasteiger partial charge in [-0.05, 0) is 49.2 Å². The van der Waals surface area contributed by atoms with E-state index in [0.717, 1.165) is 27.7 Å². The number of carbonyl (C=O) groups excluding carboxylic acids is 1. The lowest BCUT2D eigenvalue weighted by Crippen LogP contribution is -2.13. The topological polar surface area (TPSA) is 79.8 Å². The summed E-state index contributed by atoms with van der Waals surface area (Å²) >= 11 is 0. The Bertz CT molecular complexity index is 833. The van der Waals surface area contributed by atoms with Gasteiger partial charge in [-0.2, -0.15) is 0 Å². The van der Waals surface area contributed by atoms with Crippen molar-refractivity contribution in [3.63, 3.8) is 0 Å². The highest BCUT2D eigenvalue weighted by molar-refractivity contribution is 5.99. The number of pyridine rings is 1. The van der Waals surface area contributed by atoms with Crippen LogP contribution in [0.2, 0.25) is 0 Å². The Labute approximate surface area is 134 Å². The van der Waals surface area contributed by atoms with Crippen LogP contribution in [0.1, 0.15) is 13.8 Å². The molecule has 0 bridgehead atoms. The molecule has 1 amide bonds. The van der Waals surface area contributed by atoms with Crippen LogP contribution in [0.3, 0.4) is 0 Å². The minimum atomic E-state index is 0.203. The number of hydrogen-bond acceptors (Lipinski definition) is 5. The lowest BCUT2D eigenvalue weighted by Gasteiger charge is -2.15. The van der Waals surface area contributed by atoms with Gasteiger partial charge in [0.15, 0.2) is 5.82 Å². The molecular weight excluding hydrogens is 290 g/mol. The van der Waals surface area contributed by atoms with E-state index in [0.29, 0.717) is 12.2 Å². The zero-order valence-corrected chi connectivity index (χ0v) is 12.9. The second-order valence-corrected chi connectivity index (χ2v) is 5.45. The highest BCUT2D eigenvalue weighted by atomic mass is 16.1. The average Bonchev–Trinajstić information content (AvgIpc) is 2.57. The zero-order valence-electron chi connectivity index (χ0n) is 12.9. The van der Waals surface area contributed by atoms with Crippen molar-refractivity contribution in [3.05, 3.63) is 42.7 Å². The predicted molar refractivity (Wildman–Crippen MR) is 91.2 cm³/mol. The molecule has 23 heavy (non-hydrogen) atoms. The van der Waals surface area contributed by atoms with Gasteiger partial charge in [0.1, 0.15) is 0 Å². The summed E-state index contributed by atoms with van der Waals surface area (Å²) < 4.78 is 0. The predicted octanol–water partition coefficient (Wildman–Crippen LogP) is 3.08. The van der Waals surface area contributed by atoms with Crippen LogP contribution >= 0.6 is 0 Å². The first-order valence-electron chi connectivity index (χ1n) is 7.36. The summed E-state index contributed by atoms with van der Waals surface area (Å²) in [4.78, 5) is 14.8. The Balaban J connectivity index is 2.14. The van der Waals surface area contributed by atoms with Crippen molar-refractivity contribution in [3.8, 4) is 11.1 Å². The van der Waals surface area contributed by atoms with Crippen molar-refractivity contribution in [1.29, 1.82) is 0 Å². The number of rotatable bonds is 5. The molecule has 116 valence electrons. The van der Waals surface area contributed by atoms with E-state index in [2.05, 4.69) is 25.8 Å². The standard InChI is InChI=1S/C17H17N5O/c1-11(2)20-16-14-4-3-13(12-5-7-18-8-6-12)9-15(14)21-22-17(16)19-10-23/h3-11H,1-2H3,(H,20,21)(H,19,22,23). The molecule has 0 aliphatic heterocycles. The van der Waals surface area contributed by atoms with Crippen LogP contribution in [0, 0.1) is 0 Å². The van der Waals surface area contributed by atoms with E-state index >= 15 is 0 Å². The number of fused-ring (bicyclic) bond motifs is 1. The third-order valence-corrected chi connectivity index (χ3v) is 3.40. The summed E-state index contributed by atoms with van der Waals surface area (Å²) in [5.41, 5.74) is 3.65. The molecule has 6 heteroatoms. The van der Waals surface area contributed by atoms with E-state index in [1.165, 1.54) is 0 Å². The average molecular weight is 307 g/mol. The van der Waals surface area contributed by atoms with Crippen molar-refractivity contribution < 1.29 is 4.79 Å². The molecule has 0 unspecified atom stereocenters. The number of anilines is 2. The number of carbonyl (C=O) groups is 1. The highest BCUT2D eigenvalue weighted by Crippen LogP contribution is 2.31. The summed E-state index contributed by atoms with van der Waals surface area (Å²) in [6, 6.07) is 10.1. The maximum absolute atomic E-state index is 10.8. The first-order valence-corrected chi connectivity index (χ1v) is 7.36. The molecule has 0 aliphatic rings. The largest absolute Gasteiger partial charge is 0.379 e. The van der Waals surface area contributed by atoms with E-state index in [-0.39, 0.29) is 6.04 Å². The van der Waals surface area contributed by atoms with Gasteiger partial charge < -0.3 is 10.6 Å². The SMILES string of the molecule is CC(C)Nc1c(NC=O)nnc2cc(-c3ccncc3)ccc12. The lowest BCUT2D eigenvalue weighted by atomic mass is 10.0. The van der Waals surface area contributed by atoms with E-state index in [9.17, 15) is 4.79 Å². The third-order valence-electron chi connectivity index (χ3n) is 3.40. The smallest absolute Gasteiger partial charge is 0.212 e. The minimum absolute atomic E-state index is 0.203. The number of nitrogens with one attached hydrogen (secondary N) is 2. The molecule has 0 saturated carbocycles. The van der Waals surface area contributed by atoms with Crippen molar-refractivity contribution in [2.24, 2.45) is 0 Å². The maximum Gasteiger partial charge on any atom is 0.212 e. The van der Waals surface area contributed by atoms with E-state index in [1.807, 2.05) is 44.2 Å². The van der Waals surface area contributed by atoms with Crippen molar-refractivity contribution >= 4 is 28.8 Å². The van der Waals surface area contributed by atoms with Gasteiger partial charge in [-0.15, -0.1) is 10.2 Å². The second kappa shape index (κ2) is 6.39. The molecule has 1 aromatic carbocycles. The number of benzene rings is 1. The molecule has 3 rings (SSSR count). The van der Waals surface area contributed by atoms with Crippen LogP contribution in [-0.2, 0) is 4.79 Å². The van der Waals surface area contributed by atoms with Crippen LogP contribution in [-0.4, -0.2) is 27.6 Å². The van der Waals surface area contributed by atoms with Crippen molar-refractivity contribution in [1.82, 2.24) is 15.2 Å². The molecule has 2 N–H and O–H groups in total. The Morgan fingerprint density at radius 1 is 1.04 bits per heavy atom. The number of nitrogens with zero attached hydrogens (tertiary/aromatic N) is 3. The fourth-order valence-electron chi connectivity index (χ4n) is 2.42. The fraction of sp³-hybridized carbons (Fsp3) is 0.176. The Morgan fingerprint density at radius 3 is 2.52 bits per heavy atom. The summed E-state index contributed by atoms with van der Waals surface area (Å²) in [7, 11) is 0. The summed E-state index contributed by atoms with van der Waals surface area (Å²) in [6.07, 6.45) is 4.12. The summed E-state index contributed by atoms with van der Waals surface area (Å²) in [6.45, 7) is 4.06. The lowest BCUT2D eigenvalue weighted by molar-refractivity contribution is -0.105. The van der Waals surface area contributed by atoms with Crippen molar-refractivity contribution in [2.45, 2.75) is 19.9 Å². The monoisotopic (exact) mass is 307 g/mol. The van der Waals surface area contributed by atoms with E-state index in [4.69, 9.17) is 0 Å². The molecule has 0 fully saturated rings. The first-order chi connectivity index (χ1) is 11.2. The van der Waals surface area contributed by atoms with Gasteiger partial charge in [-0.3, -0.25) is 9.78 Å². The number of amides is 1. The molecule has 0 saturated heterocycles. The summed E-state index contributed by atoms with van der Waals surface area (Å²) in [5, 5.41) is 15.2. The maximum atomic E-state index is 10.8. The zero-order chi connectivity index (χ0) is 16.2. The first kappa shape index (κ1) is 14.9. The fourth-order valence-corrected chi connectivity index (χ4v) is 2.42. The molecule has 0 atom stereocenters. The van der Waals surface area contributed by atoms with Gasteiger partial charge in [0, 0.05) is 23.8 Å². The van der Waals surface area contributed by atoms with Crippen LogP contribution in [0.15, 0.2) is 42.7 Å². The van der Waals surface area contributed by atoms with Gasteiger partial charge in [-0.25, -0.2) is 0 Å². The van der Waals surface area contributed by atoms with Crippen LogP contribution in [0.5, 0.6) is 0 Å². The van der Waals surface area contributed by atoms with Crippen molar-refractivity contribution in [2.75, 3.05) is 10.6 Å². The van der Waals surface area contributed by atoms with E-state index in [1.54, 1.807) is 12.4 Å². The number of aromatic nitrogens is 3. The van der Waals surface area contributed by atoms with Crippen LogP contribution < -0.4 is 10.6 Å². The summed E-state index contributed by atoms with van der Waals surface area (Å²) in [5.74, 6) is 0.429. The highest BCUT2D eigenvalue weighted by Gasteiger charge is 2.12. The molecule has 6 nitrogen and oxygen atoms in total. The molecular formula is C17H17N5O. The van der Waals surface area contributed by atoms with E-state index < -0.39 is 0 Å². The third kappa shape index (κ3) is 3.11. The molecule has 2 aromatic heterocycles. The Morgan fingerprint density at radius 2 is 1.83 bits per heavy atom. The second-order valence-electron chi connectivity index (χ2n) is 5.45. The van der Waals surface area contributed by atoms with Crippen LogP contribution in [0.25, 0.3) is 22.0 Å². The molecule has 2 heterocycles. The van der Waals surface area contributed by atoms with Gasteiger partial charge in [0.05, 0.1) is 11.2 Å². The number of hydrogen-bond donors (Lipinski definition) is 2.